The number of carbonyl (C=O) groups is 1. The van der Waals surface area contributed by atoms with Crippen LogP contribution in [0.1, 0.15) is 23.2 Å². The molecule has 0 aliphatic rings. The molecule has 5 nitrogen and oxygen atoms in total. The van der Waals surface area contributed by atoms with Gasteiger partial charge in [0.25, 0.3) is 0 Å². The second kappa shape index (κ2) is 6.56. The van der Waals surface area contributed by atoms with Gasteiger partial charge >= 0.3 is 5.97 Å². The Balaban J connectivity index is 2.79. The highest BCUT2D eigenvalue weighted by atomic mass is 32.2. The molecule has 1 heterocycles. The number of esters is 1. The van der Waals surface area contributed by atoms with Crippen LogP contribution in [0.4, 0.5) is 0 Å². The van der Waals surface area contributed by atoms with Crippen molar-refractivity contribution in [2.45, 2.75) is 18.9 Å². The Hall–Kier alpha value is -1.14. The van der Waals surface area contributed by atoms with Gasteiger partial charge < -0.3 is 9.84 Å². The molecule has 1 aromatic rings. The van der Waals surface area contributed by atoms with Gasteiger partial charge in [0.2, 0.25) is 5.82 Å². The lowest BCUT2D eigenvalue weighted by Crippen LogP contribution is -2.09. The van der Waals surface area contributed by atoms with E-state index >= 15 is 0 Å². The number of hydrogen-bond donors (Lipinski definition) is 1. The molecule has 0 aliphatic carbocycles. The van der Waals surface area contributed by atoms with Gasteiger partial charge in [0.05, 0.1) is 7.11 Å². The van der Waals surface area contributed by atoms with Gasteiger partial charge in [-0.05, 0) is 18.9 Å². The first-order valence-corrected chi connectivity index (χ1v) is 6.23. The fourth-order valence-corrected chi connectivity index (χ4v) is 2.04. The van der Waals surface area contributed by atoms with Crippen LogP contribution in [0.5, 0.6) is 0 Å². The van der Waals surface area contributed by atoms with Crippen LogP contribution in [-0.4, -0.2) is 40.5 Å². The average Bonchev–Trinajstić information content (AvgIpc) is 2.34. The molecule has 0 bridgehead atoms. The predicted molar refractivity (Wildman–Crippen MR) is 65.1 cm³/mol. The standard InChI is InChI=1S/C11H16N2O3S/c1-7(5-14)6-17-9-4-8(2)12-10(13-9)11(15)16-3/h4,7,14H,5-6H2,1-3H3. The summed E-state index contributed by atoms with van der Waals surface area (Å²) in [6.07, 6.45) is 0. The highest BCUT2D eigenvalue weighted by Gasteiger charge is 2.12. The van der Waals surface area contributed by atoms with E-state index in [2.05, 4.69) is 14.7 Å². The summed E-state index contributed by atoms with van der Waals surface area (Å²) in [5, 5.41) is 9.65. The van der Waals surface area contributed by atoms with E-state index < -0.39 is 5.97 Å². The minimum Gasteiger partial charge on any atom is -0.463 e. The van der Waals surface area contributed by atoms with Crippen molar-refractivity contribution in [1.82, 2.24) is 9.97 Å². The number of ether oxygens (including phenoxy) is 1. The third-order valence-electron chi connectivity index (χ3n) is 2.03. The highest BCUT2D eigenvalue weighted by Crippen LogP contribution is 2.19. The molecule has 0 aliphatic heterocycles. The maximum Gasteiger partial charge on any atom is 0.376 e. The van der Waals surface area contributed by atoms with E-state index in [1.54, 1.807) is 13.0 Å². The Bertz CT molecular complexity index is 398. The molecular formula is C11H16N2O3S. The van der Waals surface area contributed by atoms with Crippen LogP contribution >= 0.6 is 11.8 Å². The number of thioether (sulfide) groups is 1. The lowest BCUT2D eigenvalue weighted by atomic mass is 10.2. The van der Waals surface area contributed by atoms with Crippen LogP contribution in [0.25, 0.3) is 0 Å². The summed E-state index contributed by atoms with van der Waals surface area (Å²) in [7, 11) is 1.30. The van der Waals surface area contributed by atoms with Crippen molar-refractivity contribution in [3.63, 3.8) is 0 Å². The van der Waals surface area contributed by atoms with Gasteiger partial charge in [-0.3, -0.25) is 0 Å². The highest BCUT2D eigenvalue weighted by molar-refractivity contribution is 7.99. The number of aryl methyl sites for hydroxylation is 1. The van der Waals surface area contributed by atoms with Gasteiger partial charge in [-0.2, -0.15) is 0 Å². The smallest absolute Gasteiger partial charge is 0.376 e. The van der Waals surface area contributed by atoms with Gasteiger partial charge in [0.1, 0.15) is 5.03 Å². The molecule has 0 saturated heterocycles. The van der Waals surface area contributed by atoms with Crippen molar-refractivity contribution in [3.05, 3.63) is 17.6 Å². The summed E-state index contributed by atoms with van der Waals surface area (Å²) >= 11 is 1.49. The van der Waals surface area contributed by atoms with Crippen molar-refractivity contribution in [1.29, 1.82) is 0 Å². The van der Waals surface area contributed by atoms with Crippen molar-refractivity contribution in [2.24, 2.45) is 5.92 Å². The Morgan fingerprint density at radius 2 is 2.29 bits per heavy atom. The number of aliphatic hydroxyl groups excluding tert-OH is 1. The molecule has 0 amide bonds. The molecule has 1 unspecified atom stereocenters. The van der Waals surface area contributed by atoms with E-state index in [0.29, 0.717) is 0 Å². The first-order valence-electron chi connectivity index (χ1n) is 5.24. The zero-order valence-corrected chi connectivity index (χ0v) is 11.0. The lowest BCUT2D eigenvalue weighted by Gasteiger charge is -2.07. The van der Waals surface area contributed by atoms with Crippen molar-refractivity contribution in [2.75, 3.05) is 19.5 Å². The van der Waals surface area contributed by atoms with Crippen LogP contribution in [0.3, 0.4) is 0 Å². The van der Waals surface area contributed by atoms with E-state index in [1.165, 1.54) is 18.9 Å². The molecule has 1 rings (SSSR count). The topological polar surface area (TPSA) is 72.3 Å². The maximum absolute atomic E-state index is 11.3. The molecule has 1 aromatic heterocycles. The number of rotatable bonds is 5. The van der Waals surface area contributed by atoms with Gasteiger partial charge in [-0.15, -0.1) is 11.8 Å². The molecule has 94 valence electrons. The van der Waals surface area contributed by atoms with Crippen LogP contribution in [0.15, 0.2) is 11.1 Å². The molecule has 6 heteroatoms. The number of aliphatic hydroxyl groups is 1. The fourth-order valence-electron chi connectivity index (χ4n) is 1.08. The number of methoxy groups -OCH3 is 1. The number of carbonyl (C=O) groups excluding carboxylic acids is 1. The predicted octanol–water partition coefficient (Wildman–Crippen LogP) is 1.29. The van der Waals surface area contributed by atoms with E-state index in [4.69, 9.17) is 5.11 Å². The summed E-state index contributed by atoms with van der Waals surface area (Å²) in [5.74, 6) is 0.474. The number of nitrogens with zero attached hydrogens (tertiary/aromatic N) is 2. The van der Waals surface area contributed by atoms with E-state index in [1.807, 2.05) is 6.92 Å². The maximum atomic E-state index is 11.3. The summed E-state index contributed by atoms with van der Waals surface area (Å²) in [6.45, 7) is 3.89. The van der Waals surface area contributed by atoms with E-state index in [0.717, 1.165) is 16.5 Å². The second-order valence-corrected chi connectivity index (χ2v) is 4.80. The van der Waals surface area contributed by atoms with Crippen molar-refractivity contribution >= 4 is 17.7 Å². The molecule has 1 atom stereocenters. The van der Waals surface area contributed by atoms with Crippen LogP contribution in [-0.2, 0) is 4.74 Å². The molecule has 0 saturated carbocycles. The Kier molecular flexibility index (Phi) is 5.37. The second-order valence-electron chi connectivity index (χ2n) is 3.76. The number of hydrogen-bond acceptors (Lipinski definition) is 6. The van der Waals surface area contributed by atoms with E-state index in [9.17, 15) is 4.79 Å². The monoisotopic (exact) mass is 256 g/mol. The van der Waals surface area contributed by atoms with Gasteiger partial charge in [0.15, 0.2) is 0 Å². The summed E-state index contributed by atoms with van der Waals surface area (Å²) in [5.41, 5.74) is 0.722. The lowest BCUT2D eigenvalue weighted by molar-refractivity contribution is 0.0585. The quantitative estimate of drug-likeness (QED) is 0.486. The SMILES string of the molecule is COC(=O)c1nc(C)cc(SCC(C)CO)n1. The first kappa shape index (κ1) is 13.9. The van der Waals surface area contributed by atoms with E-state index in [-0.39, 0.29) is 18.3 Å². The Morgan fingerprint density at radius 3 is 2.88 bits per heavy atom. The molecule has 0 aromatic carbocycles. The summed E-state index contributed by atoms with van der Waals surface area (Å²) in [6, 6.07) is 1.81. The molecule has 0 spiro atoms. The molecule has 0 fully saturated rings. The third kappa shape index (κ3) is 4.32. The average molecular weight is 256 g/mol. The summed E-state index contributed by atoms with van der Waals surface area (Å²) in [4.78, 5) is 19.4. The Labute approximate surface area is 105 Å². The minimum absolute atomic E-state index is 0.0756. The largest absolute Gasteiger partial charge is 0.463 e. The third-order valence-corrected chi connectivity index (χ3v) is 3.27. The van der Waals surface area contributed by atoms with Gasteiger partial charge in [-0.1, -0.05) is 6.92 Å². The van der Waals surface area contributed by atoms with Crippen molar-refractivity contribution in [3.8, 4) is 0 Å². The van der Waals surface area contributed by atoms with Crippen LogP contribution in [0, 0.1) is 12.8 Å². The van der Waals surface area contributed by atoms with Crippen LogP contribution < -0.4 is 0 Å². The molecular weight excluding hydrogens is 240 g/mol. The zero-order valence-electron chi connectivity index (χ0n) is 10.1. The summed E-state index contributed by atoms with van der Waals surface area (Å²) < 4.78 is 4.58. The van der Waals surface area contributed by atoms with Crippen LogP contribution in [0.2, 0.25) is 0 Å². The van der Waals surface area contributed by atoms with Gasteiger partial charge in [-0.25, -0.2) is 14.8 Å². The first-order chi connectivity index (χ1) is 8.06. The van der Waals surface area contributed by atoms with Gasteiger partial charge in [0, 0.05) is 18.1 Å². The normalized spacial score (nSPS) is 12.2. The molecule has 17 heavy (non-hydrogen) atoms. The fraction of sp³-hybridized carbons (Fsp3) is 0.545. The minimum atomic E-state index is -0.536. The van der Waals surface area contributed by atoms with Crippen molar-refractivity contribution < 1.29 is 14.6 Å². The molecule has 1 N–H and O–H groups in total. The Morgan fingerprint density at radius 1 is 1.59 bits per heavy atom. The number of aromatic nitrogens is 2. The zero-order chi connectivity index (χ0) is 12.8. The molecule has 0 radical (unpaired) electrons.